The molecule has 1 aromatic rings. The number of carbonyl (C=O) groups is 3. The molecule has 3 aliphatic rings. The lowest BCUT2D eigenvalue weighted by molar-refractivity contribution is -0.147. The first-order chi connectivity index (χ1) is 20.7. The van der Waals surface area contributed by atoms with E-state index in [0.717, 1.165) is 31.7 Å². The number of likely N-dealkylation sites (tertiary alicyclic amines) is 2. The lowest BCUT2D eigenvalue weighted by Gasteiger charge is -2.45. The van der Waals surface area contributed by atoms with Crippen molar-refractivity contribution in [2.45, 2.75) is 124 Å². The molecule has 7 nitrogen and oxygen atoms in total. The second-order valence-electron chi connectivity index (χ2n) is 16.6. The number of amides is 3. The number of halogens is 2. The van der Waals surface area contributed by atoms with Crippen molar-refractivity contribution >= 4 is 17.7 Å². The van der Waals surface area contributed by atoms with Crippen LogP contribution in [0.15, 0.2) is 18.2 Å². The molecule has 3 amide bonds. The number of hydrogen-bond acceptors (Lipinski definition) is 4. The molecule has 1 aliphatic carbocycles. The average Bonchev–Trinajstić information content (AvgIpc) is 3.58. The van der Waals surface area contributed by atoms with Gasteiger partial charge in [-0.2, -0.15) is 0 Å². The van der Waals surface area contributed by atoms with E-state index in [0.29, 0.717) is 31.6 Å². The molecule has 0 N–H and O–H groups in total. The summed E-state index contributed by atoms with van der Waals surface area (Å²) in [5.74, 6) is -2.72. The first-order valence-electron chi connectivity index (χ1n) is 16.8. The summed E-state index contributed by atoms with van der Waals surface area (Å²) in [5.41, 5.74) is -0.354. The van der Waals surface area contributed by atoms with Crippen molar-refractivity contribution in [3.8, 4) is 0 Å². The molecule has 9 heteroatoms. The Labute approximate surface area is 269 Å². The summed E-state index contributed by atoms with van der Waals surface area (Å²) in [6, 6.07) is 2.61. The van der Waals surface area contributed by atoms with Gasteiger partial charge in [-0.3, -0.25) is 19.3 Å². The van der Waals surface area contributed by atoms with Crippen molar-refractivity contribution in [3.63, 3.8) is 0 Å². The van der Waals surface area contributed by atoms with Crippen LogP contribution in [-0.4, -0.2) is 94.2 Å². The van der Waals surface area contributed by atoms with Crippen LogP contribution in [0.3, 0.4) is 0 Å². The zero-order chi connectivity index (χ0) is 33.6. The molecule has 4 atom stereocenters. The number of carbonyl (C=O) groups excluding carboxylic acids is 3. The zero-order valence-corrected chi connectivity index (χ0v) is 29.3. The smallest absolute Gasteiger partial charge is 0.245 e. The summed E-state index contributed by atoms with van der Waals surface area (Å²) in [6.45, 7) is 20.0. The molecule has 0 radical (unpaired) electrons. The van der Waals surface area contributed by atoms with Crippen molar-refractivity contribution in [2.75, 3.05) is 33.2 Å². The van der Waals surface area contributed by atoms with Crippen LogP contribution >= 0.6 is 0 Å². The van der Waals surface area contributed by atoms with Gasteiger partial charge in [-0.25, -0.2) is 8.78 Å². The zero-order valence-electron chi connectivity index (χ0n) is 29.3. The van der Waals surface area contributed by atoms with E-state index in [2.05, 4.69) is 39.5 Å². The van der Waals surface area contributed by atoms with Crippen molar-refractivity contribution in [1.82, 2.24) is 19.6 Å². The molecular weight excluding hydrogens is 574 g/mol. The van der Waals surface area contributed by atoms with Gasteiger partial charge in [0.2, 0.25) is 17.7 Å². The largest absolute Gasteiger partial charge is 0.344 e. The van der Waals surface area contributed by atoms with Gasteiger partial charge in [-0.1, -0.05) is 40.7 Å². The molecule has 3 fully saturated rings. The van der Waals surface area contributed by atoms with Gasteiger partial charge in [0.1, 0.15) is 17.7 Å². The lowest BCUT2D eigenvalue weighted by Crippen LogP contribution is -2.54. The fourth-order valence-electron chi connectivity index (χ4n) is 7.51. The molecule has 0 unspecified atom stereocenters. The maximum Gasteiger partial charge on any atom is 0.245 e. The highest BCUT2D eigenvalue weighted by Gasteiger charge is 2.51. The van der Waals surface area contributed by atoms with Crippen LogP contribution in [0.5, 0.6) is 0 Å². The van der Waals surface area contributed by atoms with Gasteiger partial charge in [0.15, 0.2) is 0 Å². The highest BCUT2D eigenvalue weighted by Crippen LogP contribution is 2.42. The van der Waals surface area contributed by atoms with Gasteiger partial charge >= 0.3 is 0 Å². The minimum Gasteiger partial charge on any atom is -0.344 e. The lowest BCUT2D eigenvalue weighted by atomic mass is 9.74. The molecule has 0 aromatic heterocycles. The van der Waals surface area contributed by atoms with Crippen LogP contribution < -0.4 is 0 Å². The van der Waals surface area contributed by atoms with E-state index >= 15 is 4.39 Å². The van der Waals surface area contributed by atoms with Crippen LogP contribution in [0.4, 0.5) is 8.78 Å². The Hall–Kier alpha value is -2.55. The molecule has 2 saturated heterocycles. The van der Waals surface area contributed by atoms with E-state index in [-0.39, 0.29) is 47.3 Å². The monoisotopic (exact) mass is 630 g/mol. The fraction of sp³-hybridized carbons (Fsp3) is 0.750. The molecular formula is C36H56F2N4O3. The van der Waals surface area contributed by atoms with Crippen LogP contribution in [0.25, 0.3) is 0 Å². The fourth-order valence-corrected chi connectivity index (χ4v) is 7.51. The van der Waals surface area contributed by atoms with Gasteiger partial charge in [0.25, 0.3) is 0 Å². The Morgan fingerprint density at radius 3 is 2.11 bits per heavy atom. The normalized spacial score (nSPS) is 26.3. The predicted octanol–water partition coefficient (Wildman–Crippen LogP) is 6.07. The number of nitrogens with zero attached hydrogens (tertiary/aromatic N) is 4. The van der Waals surface area contributed by atoms with E-state index in [1.54, 1.807) is 16.8 Å². The summed E-state index contributed by atoms with van der Waals surface area (Å²) < 4.78 is 29.2. The molecule has 4 rings (SSSR count). The molecule has 0 spiro atoms. The van der Waals surface area contributed by atoms with Gasteiger partial charge in [-0.15, -0.1) is 0 Å². The Kier molecular flexibility index (Phi) is 10.1. The minimum absolute atomic E-state index is 0.0487. The molecule has 1 aromatic carbocycles. The van der Waals surface area contributed by atoms with Gasteiger partial charge in [0.05, 0.1) is 12.0 Å². The van der Waals surface area contributed by atoms with E-state index in [1.165, 1.54) is 12.1 Å². The van der Waals surface area contributed by atoms with Crippen molar-refractivity contribution in [1.29, 1.82) is 0 Å². The van der Waals surface area contributed by atoms with E-state index < -0.39 is 34.9 Å². The second kappa shape index (κ2) is 12.9. The van der Waals surface area contributed by atoms with Gasteiger partial charge in [-0.05, 0) is 76.8 Å². The van der Waals surface area contributed by atoms with Crippen LogP contribution in [0.2, 0.25) is 0 Å². The average molecular weight is 631 g/mol. The maximum absolute atomic E-state index is 15.2. The summed E-state index contributed by atoms with van der Waals surface area (Å²) in [4.78, 5) is 50.3. The van der Waals surface area contributed by atoms with Crippen LogP contribution in [-0.2, 0) is 14.4 Å². The minimum atomic E-state index is -0.717. The summed E-state index contributed by atoms with van der Waals surface area (Å²) in [7, 11) is 1.74. The summed E-state index contributed by atoms with van der Waals surface area (Å²) >= 11 is 0. The number of likely N-dealkylation sites (N-methyl/N-ethyl adjacent to an activating group) is 1. The highest BCUT2D eigenvalue weighted by molar-refractivity contribution is 5.90. The van der Waals surface area contributed by atoms with E-state index in [1.807, 2.05) is 32.6 Å². The molecule has 2 aliphatic heterocycles. The highest BCUT2D eigenvalue weighted by atomic mass is 19.1. The third-order valence-electron chi connectivity index (χ3n) is 10.6. The Balaban J connectivity index is 1.73. The second-order valence-corrected chi connectivity index (χ2v) is 16.6. The predicted molar refractivity (Wildman–Crippen MR) is 173 cm³/mol. The van der Waals surface area contributed by atoms with Gasteiger partial charge in [0, 0.05) is 62.2 Å². The third kappa shape index (κ3) is 7.55. The molecule has 2 heterocycles. The van der Waals surface area contributed by atoms with Gasteiger partial charge < -0.3 is 14.7 Å². The van der Waals surface area contributed by atoms with E-state index in [4.69, 9.17) is 0 Å². The molecule has 45 heavy (non-hydrogen) atoms. The Morgan fingerprint density at radius 1 is 0.956 bits per heavy atom. The molecule has 0 bridgehead atoms. The first-order valence-corrected chi connectivity index (χ1v) is 16.8. The molecule has 252 valence electrons. The van der Waals surface area contributed by atoms with Crippen LogP contribution in [0.1, 0.15) is 106 Å². The summed E-state index contributed by atoms with van der Waals surface area (Å²) in [6.07, 6.45) is 4.18. The Bertz CT molecular complexity index is 1260. The number of hydrogen-bond donors (Lipinski definition) is 0. The number of benzene rings is 1. The van der Waals surface area contributed by atoms with Crippen molar-refractivity contribution in [3.05, 3.63) is 35.4 Å². The molecule has 1 saturated carbocycles. The maximum atomic E-state index is 15.2. The van der Waals surface area contributed by atoms with E-state index in [9.17, 15) is 18.8 Å². The topological polar surface area (TPSA) is 64.2 Å². The third-order valence-corrected chi connectivity index (χ3v) is 10.6. The standard InChI is InChI=1S/C36H56F2N4O3/c1-11-39(10)32(44)30-19-25(42(33(45)34(2,3)4)24-14-16-36(8,9)17-15-24)20-41(30)31(43)28-22-40(35(5,6)7)21-27(28)26-13-12-23(37)18-29(26)38/h12-13,18,24-25,27-28,30H,11,14-17,19-22H2,1-10H3/t25-,27-,28+,30-/m0/s1. The van der Waals surface area contributed by atoms with Crippen molar-refractivity contribution in [2.24, 2.45) is 16.7 Å². The summed E-state index contributed by atoms with van der Waals surface area (Å²) in [5, 5.41) is 0. The van der Waals surface area contributed by atoms with Crippen LogP contribution in [0, 0.1) is 28.4 Å². The quantitative estimate of drug-likeness (QED) is 0.383. The SMILES string of the molecule is CCN(C)C(=O)[C@@H]1C[C@H](N(C(=O)C(C)(C)C)C2CCC(C)(C)CC2)CN1C(=O)[C@@H]1CN(C(C)(C)C)C[C@H]1c1ccc(F)cc1F. The van der Waals surface area contributed by atoms with Crippen molar-refractivity contribution < 1.29 is 23.2 Å². The first kappa shape index (κ1) is 35.3. The number of rotatable bonds is 6. The Morgan fingerprint density at radius 2 is 1.58 bits per heavy atom.